The highest BCUT2D eigenvalue weighted by Gasteiger charge is 1.93. The Balaban J connectivity index is 3.02. The van der Waals surface area contributed by atoms with E-state index < -0.39 is 0 Å². The van der Waals surface area contributed by atoms with Gasteiger partial charge in [0.15, 0.2) is 0 Å². The minimum absolute atomic E-state index is 0.937. The minimum Gasteiger partial charge on any atom is -0.194 e. The molecule has 144 valence electrons. The Hall–Kier alpha value is -0.0500. The summed E-state index contributed by atoms with van der Waals surface area (Å²) < 4.78 is 0. The summed E-state index contributed by atoms with van der Waals surface area (Å²) in [7, 11) is 0. The Morgan fingerprint density at radius 1 is 0.500 bits per heavy atom. The lowest BCUT2D eigenvalue weighted by Gasteiger charge is -2.02. The molecular formula is C21H44N2S. The Labute approximate surface area is 157 Å². The molecule has 0 unspecified atom stereocenters. The molecule has 0 bridgehead atoms. The summed E-state index contributed by atoms with van der Waals surface area (Å²) in [6.45, 7) is 4.17. The van der Waals surface area contributed by atoms with Gasteiger partial charge in [-0.25, -0.2) is 0 Å². The SMILES string of the molecule is CCCCCCCCCCCCCCCN=NCCCCCSC. The second-order valence-electron chi connectivity index (χ2n) is 7.03. The van der Waals surface area contributed by atoms with Crippen LogP contribution in [0.5, 0.6) is 0 Å². The molecule has 0 heterocycles. The van der Waals surface area contributed by atoms with E-state index >= 15 is 0 Å². The van der Waals surface area contributed by atoms with Gasteiger partial charge >= 0.3 is 0 Å². The molecule has 0 fully saturated rings. The number of rotatable bonds is 20. The standard InChI is InChI=1S/C21H44N2S/c1-3-4-5-6-7-8-9-10-11-12-13-14-16-19-22-23-20-17-15-18-21-24-2/h3-21H2,1-2H3. The van der Waals surface area contributed by atoms with Gasteiger partial charge in [-0.2, -0.15) is 22.0 Å². The van der Waals surface area contributed by atoms with Crippen LogP contribution in [0.15, 0.2) is 10.2 Å². The molecule has 0 aliphatic carbocycles. The van der Waals surface area contributed by atoms with Crippen LogP contribution >= 0.6 is 11.8 Å². The van der Waals surface area contributed by atoms with Crippen molar-refractivity contribution < 1.29 is 0 Å². The summed E-state index contributed by atoms with van der Waals surface area (Å²) in [6, 6.07) is 0. The maximum Gasteiger partial charge on any atom is 0.0598 e. The summed E-state index contributed by atoms with van der Waals surface area (Å²) >= 11 is 1.94. The maximum atomic E-state index is 4.30. The van der Waals surface area contributed by atoms with Crippen molar-refractivity contribution in [2.75, 3.05) is 25.1 Å². The largest absolute Gasteiger partial charge is 0.194 e. The smallest absolute Gasteiger partial charge is 0.0598 e. The van der Waals surface area contributed by atoms with E-state index in [0.29, 0.717) is 0 Å². The summed E-state index contributed by atoms with van der Waals surface area (Å²) in [5, 5.41) is 8.58. The van der Waals surface area contributed by atoms with E-state index in [-0.39, 0.29) is 0 Å². The molecule has 0 saturated heterocycles. The van der Waals surface area contributed by atoms with Crippen LogP contribution in [0.25, 0.3) is 0 Å². The average Bonchev–Trinajstić information content (AvgIpc) is 2.60. The van der Waals surface area contributed by atoms with Gasteiger partial charge in [0.25, 0.3) is 0 Å². The molecule has 0 atom stereocenters. The van der Waals surface area contributed by atoms with Crippen LogP contribution < -0.4 is 0 Å². The van der Waals surface area contributed by atoms with Crippen LogP contribution in [0.4, 0.5) is 0 Å². The zero-order valence-corrected chi connectivity index (χ0v) is 17.6. The molecule has 0 saturated carbocycles. The third-order valence-electron chi connectivity index (χ3n) is 4.57. The number of unbranched alkanes of at least 4 members (excludes halogenated alkanes) is 14. The molecule has 0 rings (SSSR count). The fraction of sp³-hybridized carbons (Fsp3) is 1.00. The molecule has 0 spiro atoms. The molecule has 0 radical (unpaired) electrons. The second-order valence-corrected chi connectivity index (χ2v) is 8.01. The van der Waals surface area contributed by atoms with Crippen LogP contribution in [0.1, 0.15) is 110 Å². The first-order chi connectivity index (χ1) is 11.9. The van der Waals surface area contributed by atoms with E-state index in [9.17, 15) is 0 Å². The fourth-order valence-corrected chi connectivity index (χ4v) is 3.44. The molecular weight excluding hydrogens is 312 g/mol. The Bertz CT molecular complexity index is 244. The molecule has 3 heteroatoms. The predicted molar refractivity (Wildman–Crippen MR) is 113 cm³/mol. The first kappa shape index (κ1) is 23.9. The highest BCUT2D eigenvalue weighted by molar-refractivity contribution is 7.98. The molecule has 0 aromatic heterocycles. The lowest BCUT2D eigenvalue weighted by molar-refractivity contribution is 0.539. The van der Waals surface area contributed by atoms with Gasteiger partial charge < -0.3 is 0 Å². The van der Waals surface area contributed by atoms with Gasteiger partial charge in [-0.15, -0.1) is 0 Å². The molecule has 0 aromatic carbocycles. The van der Waals surface area contributed by atoms with Crippen molar-refractivity contribution in [1.82, 2.24) is 0 Å². The third kappa shape index (κ3) is 21.9. The molecule has 2 nitrogen and oxygen atoms in total. The van der Waals surface area contributed by atoms with E-state index in [2.05, 4.69) is 23.4 Å². The van der Waals surface area contributed by atoms with Crippen molar-refractivity contribution >= 4 is 11.8 Å². The highest BCUT2D eigenvalue weighted by Crippen LogP contribution is 2.12. The quantitative estimate of drug-likeness (QED) is 0.160. The lowest BCUT2D eigenvalue weighted by atomic mass is 10.0. The van der Waals surface area contributed by atoms with Gasteiger partial charge in [0.2, 0.25) is 0 Å². The third-order valence-corrected chi connectivity index (χ3v) is 5.27. The monoisotopic (exact) mass is 356 g/mol. The summed E-state index contributed by atoms with van der Waals surface area (Å²) in [6.07, 6.45) is 24.4. The van der Waals surface area contributed by atoms with Crippen molar-refractivity contribution in [3.05, 3.63) is 0 Å². The molecule has 0 aromatic rings. The topological polar surface area (TPSA) is 24.7 Å². The van der Waals surface area contributed by atoms with Gasteiger partial charge in [0.05, 0.1) is 13.1 Å². The number of hydrogen-bond donors (Lipinski definition) is 0. The van der Waals surface area contributed by atoms with Gasteiger partial charge in [0.1, 0.15) is 0 Å². The first-order valence-corrected chi connectivity index (χ1v) is 12.1. The van der Waals surface area contributed by atoms with Gasteiger partial charge in [-0.3, -0.25) is 0 Å². The zero-order valence-electron chi connectivity index (χ0n) is 16.7. The number of hydrogen-bond acceptors (Lipinski definition) is 3. The van der Waals surface area contributed by atoms with Crippen LogP contribution in [0.3, 0.4) is 0 Å². The number of nitrogens with zero attached hydrogens (tertiary/aromatic N) is 2. The fourth-order valence-electron chi connectivity index (χ4n) is 2.95. The van der Waals surface area contributed by atoms with Crippen molar-refractivity contribution in [2.45, 2.75) is 110 Å². The first-order valence-electron chi connectivity index (χ1n) is 10.7. The normalized spacial score (nSPS) is 11.6. The van der Waals surface area contributed by atoms with E-state index in [1.54, 1.807) is 0 Å². The zero-order chi connectivity index (χ0) is 17.6. The van der Waals surface area contributed by atoms with E-state index in [1.807, 2.05) is 11.8 Å². The summed E-state index contributed by atoms with van der Waals surface area (Å²) in [5.41, 5.74) is 0. The van der Waals surface area contributed by atoms with Crippen LogP contribution in [0, 0.1) is 0 Å². The Morgan fingerprint density at radius 2 is 0.875 bits per heavy atom. The predicted octanol–water partition coefficient (Wildman–Crippen LogP) is 8.06. The highest BCUT2D eigenvalue weighted by atomic mass is 32.2. The van der Waals surface area contributed by atoms with Crippen LogP contribution in [-0.2, 0) is 0 Å². The van der Waals surface area contributed by atoms with Gasteiger partial charge in [-0.1, -0.05) is 90.4 Å². The van der Waals surface area contributed by atoms with Crippen LogP contribution in [-0.4, -0.2) is 25.1 Å². The summed E-state index contributed by atoms with van der Waals surface area (Å²) in [5.74, 6) is 1.29. The Kier molecular flexibility index (Phi) is 22.9. The molecule has 0 aliphatic rings. The molecule has 0 N–H and O–H groups in total. The Morgan fingerprint density at radius 3 is 1.29 bits per heavy atom. The van der Waals surface area contributed by atoms with Crippen molar-refractivity contribution in [3.8, 4) is 0 Å². The maximum absolute atomic E-state index is 4.30. The van der Waals surface area contributed by atoms with E-state index in [0.717, 1.165) is 13.1 Å². The molecule has 0 amide bonds. The van der Waals surface area contributed by atoms with Crippen molar-refractivity contribution in [2.24, 2.45) is 10.2 Å². The number of thioether (sulfide) groups is 1. The van der Waals surface area contributed by atoms with Crippen LogP contribution in [0.2, 0.25) is 0 Å². The number of azo groups is 1. The van der Waals surface area contributed by atoms with Gasteiger partial charge in [-0.05, 0) is 31.3 Å². The molecule has 24 heavy (non-hydrogen) atoms. The van der Waals surface area contributed by atoms with Crippen molar-refractivity contribution in [3.63, 3.8) is 0 Å². The van der Waals surface area contributed by atoms with E-state index in [1.165, 1.54) is 108 Å². The minimum atomic E-state index is 0.937. The van der Waals surface area contributed by atoms with Gasteiger partial charge in [0, 0.05) is 0 Å². The summed E-state index contributed by atoms with van der Waals surface area (Å²) in [4.78, 5) is 0. The van der Waals surface area contributed by atoms with E-state index in [4.69, 9.17) is 0 Å². The second kappa shape index (κ2) is 22.9. The van der Waals surface area contributed by atoms with Crippen molar-refractivity contribution in [1.29, 1.82) is 0 Å². The molecule has 0 aliphatic heterocycles. The average molecular weight is 357 g/mol. The lowest BCUT2D eigenvalue weighted by Crippen LogP contribution is -1.86.